The average Bonchev–Trinajstić information content (AvgIpc) is 3.50. The number of imidazole rings is 1. The third-order valence-corrected chi connectivity index (χ3v) is 6.33. The third kappa shape index (κ3) is 2.88. The molecule has 0 radical (unpaired) electrons. The van der Waals surface area contributed by atoms with Crippen molar-refractivity contribution in [1.29, 1.82) is 0 Å². The molecule has 1 aromatic carbocycles. The Morgan fingerprint density at radius 1 is 0.900 bits per heavy atom. The van der Waals surface area contributed by atoms with Crippen LogP contribution in [0.3, 0.4) is 0 Å². The van der Waals surface area contributed by atoms with Crippen molar-refractivity contribution in [2.75, 3.05) is 36.0 Å². The molecule has 30 heavy (non-hydrogen) atoms. The number of nitrogens with zero attached hydrogens (tertiary/aromatic N) is 6. The molecular formula is C22H19N7S. The van der Waals surface area contributed by atoms with Crippen LogP contribution in [0.4, 0.5) is 11.6 Å². The Morgan fingerprint density at radius 2 is 1.80 bits per heavy atom. The quantitative estimate of drug-likeness (QED) is 0.483. The molecule has 0 bridgehead atoms. The van der Waals surface area contributed by atoms with Crippen molar-refractivity contribution >= 4 is 45.0 Å². The highest BCUT2D eigenvalue weighted by molar-refractivity contribution is 7.08. The van der Waals surface area contributed by atoms with Gasteiger partial charge in [0.05, 0.1) is 11.8 Å². The molecule has 8 heteroatoms. The molecule has 1 N–H and O–H groups in total. The van der Waals surface area contributed by atoms with Gasteiger partial charge in [-0.05, 0) is 34.5 Å². The van der Waals surface area contributed by atoms with E-state index in [1.54, 1.807) is 24.0 Å². The lowest BCUT2D eigenvalue weighted by molar-refractivity contribution is 0.643. The maximum Gasteiger partial charge on any atom is 0.182 e. The molecule has 0 amide bonds. The van der Waals surface area contributed by atoms with Gasteiger partial charge in [-0.3, -0.25) is 0 Å². The number of thiophene rings is 1. The second-order valence-electron chi connectivity index (χ2n) is 7.33. The number of para-hydroxylation sites is 1. The number of aromatic amines is 1. The molecule has 5 heterocycles. The number of anilines is 2. The van der Waals surface area contributed by atoms with Crippen molar-refractivity contribution in [3.8, 4) is 11.1 Å². The molecular weight excluding hydrogens is 394 g/mol. The molecule has 1 aliphatic rings. The fourth-order valence-electron chi connectivity index (χ4n) is 4.10. The topological polar surface area (TPSA) is 73.8 Å². The van der Waals surface area contributed by atoms with E-state index in [4.69, 9.17) is 4.98 Å². The number of pyridine rings is 1. The molecule has 0 spiro atoms. The standard InChI is InChI=1S/C22H19N7S/c1-2-15-4-5-18(27-19(15)17(3-1)16-6-11-30-12-16)28-7-9-29(10-8-28)22-20-21(24-13-23-20)25-14-26-22/h1-6,11-14H,7-10H2,(H,23,24,25,26). The van der Waals surface area contributed by atoms with E-state index >= 15 is 0 Å². The second kappa shape index (κ2) is 7.07. The summed E-state index contributed by atoms with van der Waals surface area (Å²) >= 11 is 1.71. The molecule has 0 saturated carbocycles. The minimum Gasteiger partial charge on any atom is -0.353 e. The number of hydrogen-bond donors (Lipinski definition) is 1. The smallest absolute Gasteiger partial charge is 0.182 e. The zero-order valence-electron chi connectivity index (χ0n) is 16.2. The van der Waals surface area contributed by atoms with Gasteiger partial charge in [0.25, 0.3) is 0 Å². The Hall–Kier alpha value is -3.52. The third-order valence-electron chi connectivity index (χ3n) is 5.64. The Bertz CT molecular complexity index is 1320. The minimum absolute atomic E-state index is 0.708. The SMILES string of the molecule is c1cc(-c2ccsc2)c2nc(N3CCN(c4ncnc5nc[nH]c45)CC3)ccc2c1. The molecule has 148 valence electrons. The summed E-state index contributed by atoms with van der Waals surface area (Å²) in [5.41, 5.74) is 5.09. The number of benzene rings is 1. The van der Waals surface area contributed by atoms with Gasteiger partial charge in [-0.15, -0.1) is 0 Å². The number of hydrogen-bond acceptors (Lipinski definition) is 7. The van der Waals surface area contributed by atoms with E-state index in [2.05, 4.69) is 76.9 Å². The lowest BCUT2D eigenvalue weighted by Crippen LogP contribution is -2.47. The van der Waals surface area contributed by atoms with E-state index in [-0.39, 0.29) is 0 Å². The van der Waals surface area contributed by atoms with Crippen LogP contribution in [0.15, 0.2) is 59.8 Å². The Morgan fingerprint density at radius 3 is 2.67 bits per heavy atom. The van der Waals surface area contributed by atoms with Crippen LogP contribution in [-0.4, -0.2) is 51.1 Å². The summed E-state index contributed by atoms with van der Waals surface area (Å²) < 4.78 is 0. The van der Waals surface area contributed by atoms with Crippen LogP contribution in [0.5, 0.6) is 0 Å². The zero-order chi connectivity index (χ0) is 19.9. The summed E-state index contributed by atoms with van der Waals surface area (Å²) in [4.78, 5) is 25.8. The van der Waals surface area contributed by atoms with Crippen LogP contribution in [0.1, 0.15) is 0 Å². The van der Waals surface area contributed by atoms with E-state index in [1.807, 2.05) is 0 Å². The van der Waals surface area contributed by atoms with E-state index in [1.165, 1.54) is 16.5 Å². The second-order valence-corrected chi connectivity index (χ2v) is 8.11. The van der Waals surface area contributed by atoms with Gasteiger partial charge < -0.3 is 14.8 Å². The van der Waals surface area contributed by atoms with Crippen LogP contribution < -0.4 is 9.80 Å². The fourth-order valence-corrected chi connectivity index (χ4v) is 4.76. The van der Waals surface area contributed by atoms with Crippen molar-refractivity contribution < 1.29 is 0 Å². The summed E-state index contributed by atoms with van der Waals surface area (Å²) in [6.45, 7) is 3.52. The van der Waals surface area contributed by atoms with Crippen molar-refractivity contribution in [3.05, 3.63) is 59.8 Å². The van der Waals surface area contributed by atoms with Crippen LogP contribution in [0, 0.1) is 0 Å². The Balaban J connectivity index is 1.28. The predicted molar refractivity (Wildman–Crippen MR) is 121 cm³/mol. The van der Waals surface area contributed by atoms with Crippen LogP contribution >= 0.6 is 11.3 Å². The lowest BCUT2D eigenvalue weighted by Gasteiger charge is -2.36. The highest BCUT2D eigenvalue weighted by atomic mass is 32.1. The first kappa shape index (κ1) is 17.3. The number of rotatable bonds is 3. The molecule has 1 saturated heterocycles. The predicted octanol–water partition coefficient (Wildman–Crippen LogP) is 3.96. The molecule has 7 nitrogen and oxygen atoms in total. The van der Waals surface area contributed by atoms with Crippen LogP contribution in [0.2, 0.25) is 0 Å². The van der Waals surface area contributed by atoms with Crippen molar-refractivity contribution in [2.24, 2.45) is 0 Å². The fraction of sp³-hybridized carbons (Fsp3) is 0.182. The molecule has 0 aliphatic carbocycles. The van der Waals surface area contributed by atoms with Gasteiger partial charge in [0.15, 0.2) is 11.5 Å². The Kier molecular flexibility index (Phi) is 4.09. The minimum atomic E-state index is 0.708. The first-order valence-corrected chi connectivity index (χ1v) is 10.9. The first-order valence-electron chi connectivity index (χ1n) is 9.93. The average molecular weight is 414 g/mol. The van der Waals surface area contributed by atoms with Gasteiger partial charge in [0.2, 0.25) is 0 Å². The van der Waals surface area contributed by atoms with Crippen molar-refractivity contribution in [2.45, 2.75) is 0 Å². The summed E-state index contributed by atoms with van der Waals surface area (Å²) in [7, 11) is 0. The molecule has 5 aromatic rings. The van der Waals surface area contributed by atoms with Crippen molar-refractivity contribution in [3.63, 3.8) is 0 Å². The van der Waals surface area contributed by atoms with Crippen LogP contribution in [0.25, 0.3) is 33.2 Å². The number of aromatic nitrogens is 5. The maximum absolute atomic E-state index is 5.06. The number of piperazine rings is 1. The molecule has 6 rings (SSSR count). The first-order chi connectivity index (χ1) is 14.9. The number of H-pyrrole nitrogens is 1. The molecule has 0 atom stereocenters. The van der Waals surface area contributed by atoms with E-state index in [9.17, 15) is 0 Å². The van der Waals surface area contributed by atoms with Gasteiger partial charge >= 0.3 is 0 Å². The summed E-state index contributed by atoms with van der Waals surface area (Å²) in [6, 6.07) is 12.9. The highest BCUT2D eigenvalue weighted by Gasteiger charge is 2.22. The lowest BCUT2D eigenvalue weighted by atomic mass is 10.0. The van der Waals surface area contributed by atoms with Gasteiger partial charge in [-0.1, -0.05) is 18.2 Å². The van der Waals surface area contributed by atoms with E-state index in [0.29, 0.717) is 5.65 Å². The monoisotopic (exact) mass is 413 g/mol. The maximum atomic E-state index is 5.06. The molecule has 0 unspecified atom stereocenters. The van der Waals surface area contributed by atoms with Gasteiger partial charge in [0.1, 0.15) is 17.7 Å². The normalized spacial score (nSPS) is 14.7. The number of nitrogens with one attached hydrogen (secondary N) is 1. The summed E-state index contributed by atoms with van der Waals surface area (Å²) in [5, 5.41) is 5.46. The molecule has 1 fully saturated rings. The zero-order valence-corrected chi connectivity index (χ0v) is 17.0. The highest BCUT2D eigenvalue weighted by Crippen LogP contribution is 2.31. The van der Waals surface area contributed by atoms with Gasteiger partial charge in [-0.25, -0.2) is 19.9 Å². The van der Waals surface area contributed by atoms with E-state index < -0.39 is 0 Å². The van der Waals surface area contributed by atoms with Gasteiger partial charge in [0, 0.05) is 37.1 Å². The number of fused-ring (bicyclic) bond motifs is 2. The Labute approximate surface area is 177 Å². The molecule has 4 aromatic heterocycles. The van der Waals surface area contributed by atoms with Crippen molar-refractivity contribution in [1.82, 2.24) is 24.9 Å². The van der Waals surface area contributed by atoms with Gasteiger partial charge in [-0.2, -0.15) is 11.3 Å². The summed E-state index contributed by atoms with van der Waals surface area (Å²) in [6.07, 6.45) is 3.25. The van der Waals surface area contributed by atoms with Crippen LogP contribution in [-0.2, 0) is 0 Å². The summed E-state index contributed by atoms with van der Waals surface area (Å²) in [5.74, 6) is 1.95. The largest absolute Gasteiger partial charge is 0.353 e. The van der Waals surface area contributed by atoms with E-state index in [0.717, 1.165) is 48.8 Å². The molecule has 1 aliphatic heterocycles.